The van der Waals surface area contributed by atoms with E-state index >= 15 is 0 Å². The molecule has 1 heterocycles. The number of carboxylic acid groups (broad SMARTS) is 1. The van der Waals surface area contributed by atoms with Crippen molar-refractivity contribution in [2.75, 3.05) is 13.2 Å². The van der Waals surface area contributed by atoms with Gasteiger partial charge in [0.15, 0.2) is 14.4 Å². The number of aliphatic carboxylic acids is 1. The molecule has 0 saturated carbocycles. The average Bonchev–Trinajstić information content (AvgIpc) is 3.21. The summed E-state index contributed by atoms with van der Waals surface area (Å²) >= 11 is 6.14. The van der Waals surface area contributed by atoms with Crippen LogP contribution in [-0.2, 0) is 26.4 Å². The molecule has 11 heteroatoms. The second kappa shape index (κ2) is 13.0. The number of rotatable bonds is 12. The van der Waals surface area contributed by atoms with Gasteiger partial charge in [-0.1, -0.05) is 20.8 Å². The number of aryl methyl sites for hydroxylation is 1. The van der Waals surface area contributed by atoms with Crippen molar-refractivity contribution in [3.05, 3.63) is 36.0 Å². The largest absolute Gasteiger partial charge is 0.490 e. The fourth-order valence-corrected chi connectivity index (χ4v) is 4.66. The summed E-state index contributed by atoms with van der Waals surface area (Å²) in [6.07, 6.45) is -0.819. The molecule has 0 saturated heterocycles. The van der Waals surface area contributed by atoms with Gasteiger partial charge in [-0.15, -0.1) is 11.6 Å². The van der Waals surface area contributed by atoms with Crippen LogP contribution in [0.5, 0.6) is 5.75 Å². The fourth-order valence-electron chi connectivity index (χ4n) is 3.21. The van der Waals surface area contributed by atoms with Gasteiger partial charge in [0.2, 0.25) is 0 Å². The minimum Gasteiger partial charge on any atom is -0.490 e. The van der Waals surface area contributed by atoms with Gasteiger partial charge in [-0.2, -0.15) is 5.10 Å². The number of nitrogens with zero attached hydrogens (tertiary/aromatic N) is 2. The van der Waals surface area contributed by atoms with Crippen LogP contribution in [0.4, 0.5) is 4.79 Å². The molecule has 38 heavy (non-hydrogen) atoms. The molecule has 9 nitrogen and oxygen atoms in total. The van der Waals surface area contributed by atoms with E-state index in [1.807, 2.05) is 56.7 Å². The van der Waals surface area contributed by atoms with E-state index in [4.69, 9.17) is 25.5 Å². The molecule has 1 amide bonds. The molecule has 0 spiro atoms. The highest BCUT2D eigenvalue weighted by molar-refractivity contribution is 6.74. The highest BCUT2D eigenvalue weighted by atomic mass is 35.5. The molecule has 0 fully saturated rings. The number of amides is 1. The highest BCUT2D eigenvalue weighted by Gasteiger charge is 2.41. The van der Waals surface area contributed by atoms with Crippen LogP contribution in [0.25, 0.3) is 11.3 Å². The van der Waals surface area contributed by atoms with Gasteiger partial charge >= 0.3 is 12.1 Å². The number of nitrogens with one attached hydrogen (secondary N) is 1. The number of carbonyl (C=O) groups is 2. The number of benzene rings is 1. The van der Waals surface area contributed by atoms with Crippen LogP contribution in [0.1, 0.15) is 53.7 Å². The van der Waals surface area contributed by atoms with Crippen LogP contribution in [-0.4, -0.2) is 60.1 Å². The molecule has 1 unspecified atom stereocenters. The van der Waals surface area contributed by atoms with Gasteiger partial charge < -0.3 is 24.3 Å². The van der Waals surface area contributed by atoms with E-state index in [0.29, 0.717) is 31.1 Å². The molecule has 1 aromatic heterocycles. The van der Waals surface area contributed by atoms with Crippen molar-refractivity contribution in [1.29, 1.82) is 0 Å². The first kappa shape index (κ1) is 31.7. The first-order valence-corrected chi connectivity index (χ1v) is 16.2. The lowest BCUT2D eigenvalue weighted by Gasteiger charge is -2.38. The maximum Gasteiger partial charge on any atom is 0.407 e. The van der Waals surface area contributed by atoms with Gasteiger partial charge in [0.25, 0.3) is 0 Å². The number of aromatic nitrogens is 2. The summed E-state index contributed by atoms with van der Waals surface area (Å²) in [5.41, 5.74) is 1.97. The Labute approximate surface area is 231 Å². The molecule has 0 aliphatic carbocycles. The Hall–Kier alpha value is -2.56. The first-order chi connectivity index (χ1) is 17.5. The maximum atomic E-state index is 11.8. The quantitative estimate of drug-likeness (QED) is 0.182. The Bertz CT molecular complexity index is 1070. The third-order valence-electron chi connectivity index (χ3n) is 6.29. The summed E-state index contributed by atoms with van der Waals surface area (Å²) in [7, 11) is -2.27. The lowest BCUT2D eigenvalue weighted by Crippen LogP contribution is -2.47. The smallest absolute Gasteiger partial charge is 0.407 e. The molecule has 0 radical (unpaired) electrons. The standard InChI is InChI=1S/C27H42ClN3O6Si/c1-26(2,3)36-25(34)29-14-9-15-31-20(17-28)16-22(30-31)19-10-12-21(13-11-19)35-18-23(24(32)33)37-38(7,8)27(4,5)6/h10-13,16,23H,9,14-15,17-18H2,1-8H3,(H,29,34)(H,32,33). The molecule has 1 aromatic carbocycles. The van der Waals surface area contributed by atoms with E-state index in [2.05, 4.69) is 31.2 Å². The van der Waals surface area contributed by atoms with Gasteiger partial charge in [-0.3, -0.25) is 4.68 Å². The minimum absolute atomic E-state index is 0.0798. The van der Waals surface area contributed by atoms with Crippen molar-refractivity contribution in [2.24, 2.45) is 0 Å². The van der Waals surface area contributed by atoms with Crippen LogP contribution in [0, 0.1) is 0 Å². The normalized spacial score (nSPS) is 13.2. The lowest BCUT2D eigenvalue weighted by molar-refractivity contribution is -0.147. The van der Waals surface area contributed by atoms with E-state index in [0.717, 1.165) is 17.0 Å². The third kappa shape index (κ3) is 9.63. The van der Waals surface area contributed by atoms with Crippen LogP contribution < -0.4 is 10.1 Å². The van der Waals surface area contributed by atoms with Crippen LogP contribution >= 0.6 is 11.6 Å². The summed E-state index contributed by atoms with van der Waals surface area (Å²) < 4.78 is 18.9. The summed E-state index contributed by atoms with van der Waals surface area (Å²) in [6.45, 7) is 16.7. The average molecular weight is 568 g/mol. The molecule has 2 rings (SSSR count). The number of hydrogen-bond acceptors (Lipinski definition) is 6. The maximum absolute atomic E-state index is 11.8. The van der Waals surface area contributed by atoms with E-state index in [-0.39, 0.29) is 11.6 Å². The number of carboxylic acids is 1. The SMILES string of the molecule is CC(C)(C)OC(=O)NCCCn1nc(-c2ccc(OCC(O[Si](C)(C)C(C)(C)C)C(=O)O)cc2)cc1CCl. The van der Waals surface area contributed by atoms with Gasteiger partial charge in [-0.05, 0) is 75.7 Å². The fraction of sp³-hybridized carbons (Fsp3) is 0.593. The summed E-state index contributed by atoms with van der Waals surface area (Å²) in [4.78, 5) is 23.6. The number of hydrogen-bond donors (Lipinski definition) is 2. The Balaban J connectivity index is 1.97. The zero-order valence-electron chi connectivity index (χ0n) is 23.8. The Kier molecular flexibility index (Phi) is 10.8. The van der Waals surface area contributed by atoms with Crippen molar-refractivity contribution in [1.82, 2.24) is 15.1 Å². The molecule has 212 valence electrons. The Morgan fingerprint density at radius 2 is 1.76 bits per heavy atom. The summed E-state index contributed by atoms with van der Waals surface area (Å²) in [6, 6.07) is 9.23. The molecular formula is C27H42ClN3O6Si. The van der Waals surface area contributed by atoms with Crippen molar-refractivity contribution in [3.63, 3.8) is 0 Å². The molecule has 0 aliphatic heterocycles. The monoisotopic (exact) mass is 567 g/mol. The summed E-state index contributed by atoms with van der Waals surface area (Å²) in [5, 5.41) is 17.0. The zero-order chi connectivity index (χ0) is 28.7. The van der Waals surface area contributed by atoms with Crippen LogP contribution in [0.15, 0.2) is 30.3 Å². The van der Waals surface area contributed by atoms with Crippen LogP contribution in [0.2, 0.25) is 18.1 Å². The van der Waals surface area contributed by atoms with Gasteiger partial charge in [0, 0.05) is 18.7 Å². The zero-order valence-corrected chi connectivity index (χ0v) is 25.5. The topological polar surface area (TPSA) is 112 Å². The Morgan fingerprint density at radius 1 is 1.13 bits per heavy atom. The van der Waals surface area contributed by atoms with Crippen molar-refractivity contribution >= 4 is 32.0 Å². The molecule has 0 bridgehead atoms. The van der Waals surface area contributed by atoms with Gasteiger partial charge in [-0.25, -0.2) is 9.59 Å². The minimum atomic E-state index is -2.27. The van der Waals surface area contributed by atoms with Crippen LogP contribution in [0.3, 0.4) is 0 Å². The molecule has 2 N–H and O–H groups in total. The number of alkyl halides is 1. The number of ether oxygens (including phenoxy) is 2. The second-order valence-corrected chi connectivity index (χ2v) is 16.7. The first-order valence-electron chi connectivity index (χ1n) is 12.8. The number of halogens is 1. The predicted molar refractivity (Wildman–Crippen MR) is 151 cm³/mol. The van der Waals surface area contributed by atoms with E-state index < -0.39 is 32.1 Å². The Morgan fingerprint density at radius 3 is 2.29 bits per heavy atom. The van der Waals surface area contributed by atoms with E-state index in [1.54, 1.807) is 12.1 Å². The number of alkyl carbamates (subject to hydrolysis) is 1. The summed E-state index contributed by atoms with van der Waals surface area (Å²) in [5.74, 6) is -0.186. The molecule has 0 aliphatic rings. The lowest BCUT2D eigenvalue weighted by atomic mass is 10.1. The van der Waals surface area contributed by atoms with Crippen molar-refractivity contribution in [2.45, 2.75) is 90.2 Å². The number of carbonyl (C=O) groups excluding carboxylic acids is 1. The highest BCUT2D eigenvalue weighted by Crippen LogP contribution is 2.37. The molecule has 1 atom stereocenters. The second-order valence-electron chi connectivity index (χ2n) is 11.7. The van der Waals surface area contributed by atoms with E-state index in [1.165, 1.54) is 0 Å². The van der Waals surface area contributed by atoms with Gasteiger partial charge in [0.1, 0.15) is 18.0 Å². The molecular weight excluding hydrogens is 526 g/mol. The van der Waals surface area contributed by atoms with Crippen molar-refractivity contribution in [3.8, 4) is 17.0 Å². The third-order valence-corrected chi connectivity index (χ3v) is 11.0. The molecule has 2 aromatic rings. The predicted octanol–water partition coefficient (Wildman–Crippen LogP) is 6.06. The van der Waals surface area contributed by atoms with E-state index in [9.17, 15) is 14.7 Å². The van der Waals surface area contributed by atoms with Gasteiger partial charge in [0.05, 0.1) is 17.3 Å². The van der Waals surface area contributed by atoms with Crippen molar-refractivity contribution < 1.29 is 28.6 Å².